The van der Waals surface area contributed by atoms with Gasteiger partial charge in [0.25, 0.3) is 5.91 Å². The average molecular weight is 346 g/mol. The average Bonchev–Trinajstić information content (AvgIpc) is 3.37. The first-order chi connectivity index (χ1) is 11.8. The number of carbonyl (C=O) groups is 2. The molecule has 6 nitrogen and oxygen atoms in total. The van der Waals surface area contributed by atoms with E-state index >= 15 is 0 Å². The van der Waals surface area contributed by atoms with Crippen LogP contribution in [0.25, 0.3) is 0 Å². The number of morpholine rings is 1. The van der Waals surface area contributed by atoms with Gasteiger partial charge in [-0.2, -0.15) is 0 Å². The summed E-state index contributed by atoms with van der Waals surface area (Å²) in [6.45, 7) is 5.74. The molecule has 2 fully saturated rings. The predicted octanol–water partition coefficient (Wildman–Crippen LogP) is 2.04. The number of methoxy groups -OCH3 is 1. The van der Waals surface area contributed by atoms with E-state index < -0.39 is 12.1 Å². The van der Waals surface area contributed by atoms with Gasteiger partial charge in [0.15, 0.2) is 6.10 Å². The number of rotatable bonds is 4. The second kappa shape index (κ2) is 6.67. The van der Waals surface area contributed by atoms with Crippen LogP contribution in [0.15, 0.2) is 24.3 Å². The van der Waals surface area contributed by atoms with Gasteiger partial charge in [-0.3, -0.25) is 9.59 Å². The lowest BCUT2D eigenvalue weighted by Crippen LogP contribution is -2.57. The Morgan fingerprint density at radius 1 is 1.24 bits per heavy atom. The minimum Gasteiger partial charge on any atom is -0.497 e. The highest BCUT2D eigenvalue weighted by Crippen LogP contribution is 2.40. The van der Waals surface area contributed by atoms with Gasteiger partial charge in [0, 0.05) is 11.6 Å². The quantitative estimate of drug-likeness (QED) is 0.906. The van der Waals surface area contributed by atoms with E-state index in [0.29, 0.717) is 0 Å². The molecule has 2 aliphatic rings. The van der Waals surface area contributed by atoms with Gasteiger partial charge in [-0.05, 0) is 51.3 Å². The molecule has 1 aliphatic carbocycles. The third-order valence-electron chi connectivity index (χ3n) is 4.42. The molecular weight excluding hydrogens is 320 g/mol. The van der Waals surface area contributed by atoms with E-state index in [1.165, 1.54) is 0 Å². The van der Waals surface area contributed by atoms with Crippen LogP contribution < -0.4 is 10.1 Å². The zero-order valence-corrected chi connectivity index (χ0v) is 15.2. The Bertz CT molecular complexity index is 646. The number of nitrogens with one attached hydrogen (secondary N) is 1. The molecule has 2 atom stereocenters. The zero-order chi connectivity index (χ0) is 18.2. The number of hydrogen-bond acceptors (Lipinski definition) is 4. The summed E-state index contributed by atoms with van der Waals surface area (Å²) in [4.78, 5) is 27.1. The Labute approximate surface area is 148 Å². The number of amides is 2. The molecule has 1 aliphatic heterocycles. The van der Waals surface area contributed by atoms with Gasteiger partial charge in [-0.25, -0.2) is 0 Å². The number of benzene rings is 1. The summed E-state index contributed by atoms with van der Waals surface area (Å²) >= 11 is 0. The van der Waals surface area contributed by atoms with E-state index in [4.69, 9.17) is 9.47 Å². The number of carbonyl (C=O) groups excluding carboxylic acids is 2. The van der Waals surface area contributed by atoms with Gasteiger partial charge < -0.3 is 19.7 Å². The van der Waals surface area contributed by atoms with Crippen molar-refractivity contribution in [3.8, 4) is 5.75 Å². The molecule has 1 heterocycles. The minimum atomic E-state index is -0.717. The topological polar surface area (TPSA) is 67.9 Å². The molecule has 1 aromatic carbocycles. The van der Waals surface area contributed by atoms with Crippen molar-refractivity contribution in [2.75, 3.05) is 13.7 Å². The van der Waals surface area contributed by atoms with Crippen LogP contribution in [0.2, 0.25) is 0 Å². The van der Waals surface area contributed by atoms with Gasteiger partial charge in [0.2, 0.25) is 5.91 Å². The molecule has 3 rings (SSSR count). The lowest BCUT2D eigenvalue weighted by Gasteiger charge is -2.41. The van der Waals surface area contributed by atoms with Gasteiger partial charge in [-0.1, -0.05) is 12.1 Å². The highest BCUT2D eigenvalue weighted by molar-refractivity contribution is 5.87. The van der Waals surface area contributed by atoms with Crippen molar-refractivity contribution in [2.24, 2.45) is 0 Å². The Hall–Kier alpha value is -2.08. The number of hydrogen-bond donors (Lipinski definition) is 1. The van der Waals surface area contributed by atoms with Crippen molar-refractivity contribution < 1.29 is 19.1 Å². The van der Waals surface area contributed by atoms with Crippen molar-refractivity contribution in [3.63, 3.8) is 0 Å². The Morgan fingerprint density at radius 2 is 1.88 bits per heavy atom. The Balaban J connectivity index is 1.93. The van der Waals surface area contributed by atoms with Crippen molar-refractivity contribution in [2.45, 2.75) is 57.3 Å². The molecule has 1 saturated carbocycles. The molecular formula is C19H26N2O4. The van der Waals surface area contributed by atoms with E-state index in [1.54, 1.807) is 7.11 Å². The summed E-state index contributed by atoms with van der Waals surface area (Å²) in [6, 6.07) is 7.28. The van der Waals surface area contributed by atoms with E-state index in [1.807, 2.05) is 49.9 Å². The van der Waals surface area contributed by atoms with Crippen LogP contribution in [0.1, 0.15) is 45.2 Å². The molecule has 6 heteroatoms. The lowest BCUT2D eigenvalue weighted by molar-refractivity contribution is -0.165. The molecule has 0 aromatic heterocycles. The van der Waals surface area contributed by atoms with Gasteiger partial charge >= 0.3 is 0 Å². The second-order valence-electron chi connectivity index (χ2n) is 7.72. The molecule has 1 aromatic rings. The monoisotopic (exact) mass is 346 g/mol. The predicted molar refractivity (Wildman–Crippen MR) is 93.2 cm³/mol. The highest BCUT2D eigenvalue weighted by atomic mass is 16.5. The van der Waals surface area contributed by atoms with Crippen LogP contribution in [0, 0.1) is 0 Å². The summed E-state index contributed by atoms with van der Waals surface area (Å²) in [5.41, 5.74) is 0.520. The first kappa shape index (κ1) is 17.7. The number of ether oxygens (including phenoxy) is 2. The smallest absolute Gasteiger partial charge is 0.252 e. The van der Waals surface area contributed by atoms with Crippen LogP contribution in [0.3, 0.4) is 0 Å². The van der Waals surface area contributed by atoms with Crippen LogP contribution >= 0.6 is 0 Å². The van der Waals surface area contributed by atoms with Crippen molar-refractivity contribution in [1.29, 1.82) is 0 Å². The molecule has 136 valence electrons. The summed E-state index contributed by atoms with van der Waals surface area (Å²) in [5.74, 6) is 0.495. The Kier molecular flexibility index (Phi) is 4.73. The summed E-state index contributed by atoms with van der Waals surface area (Å²) < 4.78 is 10.9. The standard InChI is InChI=1S/C19H26N2O4/c1-19(2,3)20-18(23)17-16(12-5-9-14(24-4)10-6-12)21(13-7-8-13)15(22)11-25-17/h5-6,9-10,13,16-17H,7-8,11H2,1-4H3,(H,20,23)/t16-,17+/m1/s1. The molecule has 2 amide bonds. The first-order valence-electron chi connectivity index (χ1n) is 8.69. The minimum absolute atomic E-state index is 0.0502. The molecule has 1 saturated heterocycles. The van der Waals surface area contributed by atoms with Crippen LogP contribution in [0.5, 0.6) is 5.75 Å². The van der Waals surface area contributed by atoms with Crippen molar-refractivity contribution in [3.05, 3.63) is 29.8 Å². The zero-order valence-electron chi connectivity index (χ0n) is 15.2. The first-order valence-corrected chi connectivity index (χ1v) is 8.69. The molecule has 0 spiro atoms. The second-order valence-corrected chi connectivity index (χ2v) is 7.72. The largest absolute Gasteiger partial charge is 0.497 e. The molecule has 0 radical (unpaired) electrons. The van der Waals surface area contributed by atoms with E-state index in [9.17, 15) is 9.59 Å². The maximum atomic E-state index is 12.8. The summed E-state index contributed by atoms with van der Waals surface area (Å²) in [5, 5.41) is 2.98. The maximum Gasteiger partial charge on any atom is 0.252 e. The van der Waals surface area contributed by atoms with Gasteiger partial charge in [0.05, 0.1) is 13.2 Å². The van der Waals surface area contributed by atoms with E-state index in [-0.39, 0.29) is 30.0 Å². The summed E-state index contributed by atoms with van der Waals surface area (Å²) in [7, 11) is 1.61. The van der Waals surface area contributed by atoms with Gasteiger partial charge in [0.1, 0.15) is 12.4 Å². The number of nitrogens with zero attached hydrogens (tertiary/aromatic N) is 1. The fraction of sp³-hybridized carbons (Fsp3) is 0.579. The molecule has 25 heavy (non-hydrogen) atoms. The van der Waals surface area contributed by atoms with Crippen molar-refractivity contribution >= 4 is 11.8 Å². The third-order valence-corrected chi connectivity index (χ3v) is 4.42. The summed E-state index contributed by atoms with van der Waals surface area (Å²) in [6.07, 6.45) is 1.24. The van der Waals surface area contributed by atoms with Crippen LogP contribution in [-0.4, -0.2) is 48.1 Å². The van der Waals surface area contributed by atoms with Crippen molar-refractivity contribution in [1.82, 2.24) is 10.2 Å². The third kappa shape index (κ3) is 3.95. The van der Waals surface area contributed by atoms with E-state index in [0.717, 1.165) is 24.2 Å². The fourth-order valence-corrected chi connectivity index (χ4v) is 3.21. The van der Waals surface area contributed by atoms with Crippen LogP contribution in [0.4, 0.5) is 0 Å². The fourth-order valence-electron chi connectivity index (χ4n) is 3.21. The lowest BCUT2D eigenvalue weighted by atomic mass is 9.95. The van der Waals surface area contributed by atoms with Gasteiger partial charge in [-0.15, -0.1) is 0 Å². The SMILES string of the molecule is COc1ccc([C@@H]2[C@@H](C(=O)NC(C)(C)C)OCC(=O)N2C2CC2)cc1. The molecule has 1 N–H and O–H groups in total. The molecule has 0 bridgehead atoms. The normalized spacial score (nSPS) is 24.2. The van der Waals surface area contributed by atoms with E-state index in [2.05, 4.69) is 5.32 Å². The maximum absolute atomic E-state index is 12.8. The van der Waals surface area contributed by atoms with Crippen LogP contribution in [-0.2, 0) is 14.3 Å². The Morgan fingerprint density at radius 3 is 2.40 bits per heavy atom. The molecule has 0 unspecified atom stereocenters. The highest BCUT2D eigenvalue weighted by Gasteiger charge is 2.47.